The summed E-state index contributed by atoms with van der Waals surface area (Å²) < 4.78 is 0. The van der Waals surface area contributed by atoms with Crippen molar-refractivity contribution in [1.82, 2.24) is 10.2 Å². The average Bonchev–Trinajstić information content (AvgIpc) is 2.61. The van der Waals surface area contributed by atoms with Crippen LogP contribution in [0.1, 0.15) is 45.6 Å². The zero-order chi connectivity index (χ0) is 9.23. The predicted octanol–water partition coefficient (Wildman–Crippen LogP) is 3.17. The van der Waals surface area contributed by atoms with Crippen molar-refractivity contribution in [1.29, 1.82) is 0 Å². The van der Waals surface area contributed by atoms with E-state index in [4.69, 9.17) is 0 Å². The fourth-order valence-electron chi connectivity index (χ4n) is 0.993. The van der Waals surface area contributed by atoms with E-state index >= 15 is 0 Å². The zero-order valence-electron chi connectivity index (χ0n) is 8.43. The first-order chi connectivity index (χ1) is 5.93. The number of aromatic amines is 1. The van der Waals surface area contributed by atoms with E-state index in [1.807, 2.05) is 26.2 Å². The number of unbranched alkanes of at least 4 members (excludes halogenated alkanes) is 2. The maximum atomic E-state index is 3.88. The van der Waals surface area contributed by atoms with Crippen LogP contribution in [0.3, 0.4) is 0 Å². The smallest absolute Gasteiger partial charge is 0.0519 e. The van der Waals surface area contributed by atoms with Gasteiger partial charge in [-0.25, -0.2) is 0 Å². The molecule has 0 saturated heterocycles. The van der Waals surface area contributed by atoms with Crippen LogP contribution in [0.4, 0.5) is 0 Å². The van der Waals surface area contributed by atoms with E-state index in [1.165, 1.54) is 31.2 Å². The van der Waals surface area contributed by atoms with E-state index in [-0.39, 0.29) is 0 Å². The van der Waals surface area contributed by atoms with Crippen LogP contribution in [0.15, 0.2) is 12.4 Å². The summed E-state index contributed by atoms with van der Waals surface area (Å²) in [6.45, 7) is 6.22. The first-order valence-electron chi connectivity index (χ1n) is 4.91. The molecule has 12 heavy (non-hydrogen) atoms. The molecule has 0 aliphatic rings. The topological polar surface area (TPSA) is 28.7 Å². The van der Waals surface area contributed by atoms with Crippen molar-refractivity contribution in [3.8, 4) is 0 Å². The molecule has 1 N–H and O–H groups in total. The number of aryl methyl sites for hydroxylation is 1. The largest absolute Gasteiger partial charge is 0.285 e. The van der Waals surface area contributed by atoms with Gasteiger partial charge in [0, 0.05) is 6.20 Å². The van der Waals surface area contributed by atoms with Crippen molar-refractivity contribution in [2.75, 3.05) is 0 Å². The molecule has 0 radical (unpaired) electrons. The van der Waals surface area contributed by atoms with Crippen molar-refractivity contribution >= 4 is 0 Å². The Labute approximate surface area is 75.4 Å². The molecule has 1 aromatic heterocycles. The van der Waals surface area contributed by atoms with E-state index in [0.29, 0.717) is 0 Å². The minimum absolute atomic E-state index is 1.17. The summed E-state index contributed by atoms with van der Waals surface area (Å²) in [7, 11) is 0. The SMILES string of the molecule is CC.CCCCCc1cn[nH]c1. The normalized spacial score (nSPS) is 8.92. The van der Waals surface area contributed by atoms with Crippen LogP contribution in [0.2, 0.25) is 0 Å². The van der Waals surface area contributed by atoms with Crippen molar-refractivity contribution < 1.29 is 0 Å². The second-order valence-corrected chi connectivity index (χ2v) is 2.56. The summed E-state index contributed by atoms with van der Waals surface area (Å²) in [5, 5.41) is 6.68. The standard InChI is InChI=1S/C8H14N2.C2H6/c1-2-3-4-5-8-6-9-10-7-8;1-2/h6-7H,2-5H2,1H3,(H,9,10);1-2H3. The summed E-state index contributed by atoms with van der Waals surface area (Å²) in [6.07, 6.45) is 8.94. The Kier molecular flexibility index (Phi) is 7.76. The highest BCUT2D eigenvalue weighted by molar-refractivity contribution is 5.01. The first-order valence-corrected chi connectivity index (χ1v) is 4.91. The fourth-order valence-corrected chi connectivity index (χ4v) is 0.993. The van der Waals surface area contributed by atoms with Gasteiger partial charge in [0.2, 0.25) is 0 Å². The minimum Gasteiger partial charge on any atom is -0.285 e. The van der Waals surface area contributed by atoms with Crippen molar-refractivity contribution in [2.45, 2.75) is 46.5 Å². The number of aromatic nitrogens is 2. The molecule has 0 unspecified atom stereocenters. The van der Waals surface area contributed by atoms with Gasteiger partial charge in [0.15, 0.2) is 0 Å². The lowest BCUT2D eigenvalue weighted by Crippen LogP contribution is -1.80. The molecular formula is C10H20N2. The van der Waals surface area contributed by atoms with Gasteiger partial charge in [-0.15, -0.1) is 0 Å². The fraction of sp³-hybridized carbons (Fsp3) is 0.700. The number of nitrogens with zero attached hydrogens (tertiary/aromatic N) is 1. The Morgan fingerprint density at radius 3 is 2.58 bits per heavy atom. The quantitative estimate of drug-likeness (QED) is 0.687. The lowest BCUT2D eigenvalue weighted by atomic mass is 10.1. The molecule has 0 saturated carbocycles. The number of hydrogen-bond acceptors (Lipinski definition) is 1. The van der Waals surface area contributed by atoms with Gasteiger partial charge >= 0.3 is 0 Å². The Morgan fingerprint density at radius 1 is 1.33 bits per heavy atom. The lowest BCUT2D eigenvalue weighted by molar-refractivity contribution is 0.717. The van der Waals surface area contributed by atoms with Crippen molar-refractivity contribution in [3.63, 3.8) is 0 Å². The van der Waals surface area contributed by atoms with Gasteiger partial charge in [-0.3, -0.25) is 5.10 Å². The molecule has 2 heteroatoms. The molecule has 0 bridgehead atoms. The Bertz CT molecular complexity index is 156. The van der Waals surface area contributed by atoms with Crippen LogP contribution in [0.5, 0.6) is 0 Å². The summed E-state index contributed by atoms with van der Waals surface area (Å²) in [6, 6.07) is 0. The number of hydrogen-bond donors (Lipinski definition) is 1. The third kappa shape index (κ3) is 4.94. The Morgan fingerprint density at radius 2 is 2.08 bits per heavy atom. The van der Waals surface area contributed by atoms with Crippen molar-refractivity contribution in [3.05, 3.63) is 18.0 Å². The van der Waals surface area contributed by atoms with E-state index in [1.54, 1.807) is 0 Å². The molecule has 1 heterocycles. The third-order valence-corrected chi connectivity index (χ3v) is 1.62. The number of rotatable bonds is 4. The molecular weight excluding hydrogens is 148 g/mol. The zero-order valence-corrected chi connectivity index (χ0v) is 8.43. The molecule has 2 nitrogen and oxygen atoms in total. The second-order valence-electron chi connectivity index (χ2n) is 2.56. The van der Waals surface area contributed by atoms with Gasteiger partial charge in [0.25, 0.3) is 0 Å². The summed E-state index contributed by atoms with van der Waals surface area (Å²) in [4.78, 5) is 0. The van der Waals surface area contributed by atoms with E-state index in [9.17, 15) is 0 Å². The summed E-state index contributed by atoms with van der Waals surface area (Å²) in [5.74, 6) is 0. The third-order valence-electron chi connectivity index (χ3n) is 1.62. The molecule has 0 amide bonds. The van der Waals surface area contributed by atoms with Crippen molar-refractivity contribution in [2.24, 2.45) is 0 Å². The number of nitrogens with one attached hydrogen (secondary N) is 1. The maximum Gasteiger partial charge on any atom is 0.0519 e. The van der Waals surface area contributed by atoms with Crippen LogP contribution < -0.4 is 0 Å². The van der Waals surface area contributed by atoms with Gasteiger partial charge in [0.05, 0.1) is 6.20 Å². The highest BCUT2D eigenvalue weighted by Crippen LogP contribution is 2.02. The molecule has 0 spiro atoms. The van der Waals surface area contributed by atoms with Crippen LogP contribution in [-0.4, -0.2) is 10.2 Å². The van der Waals surface area contributed by atoms with E-state index < -0.39 is 0 Å². The van der Waals surface area contributed by atoms with Gasteiger partial charge in [0.1, 0.15) is 0 Å². The predicted molar refractivity (Wildman–Crippen MR) is 53.2 cm³/mol. The van der Waals surface area contributed by atoms with Gasteiger partial charge in [-0.05, 0) is 18.4 Å². The molecule has 0 aliphatic heterocycles. The van der Waals surface area contributed by atoms with E-state index in [2.05, 4.69) is 17.1 Å². The molecule has 0 aromatic carbocycles. The van der Waals surface area contributed by atoms with Gasteiger partial charge in [-0.1, -0.05) is 33.6 Å². The monoisotopic (exact) mass is 168 g/mol. The van der Waals surface area contributed by atoms with Crippen LogP contribution in [0, 0.1) is 0 Å². The van der Waals surface area contributed by atoms with E-state index in [0.717, 1.165) is 0 Å². The Hall–Kier alpha value is -0.790. The number of H-pyrrole nitrogens is 1. The second kappa shape index (κ2) is 8.31. The van der Waals surface area contributed by atoms with Crippen LogP contribution >= 0.6 is 0 Å². The maximum absolute atomic E-state index is 3.88. The van der Waals surface area contributed by atoms with Crippen LogP contribution in [-0.2, 0) is 6.42 Å². The highest BCUT2D eigenvalue weighted by Gasteiger charge is 1.91. The summed E-state index contributed by atoms with van der Waals surface area (Å²) in [5.41, 5.74) is 1.33. The van der Waals surface area contributed by atoms with Crippen LogP contribution in [0.25, 0.3) is 0 Å². The minimum atomic E-state index is 1.17. The molecule has 1 rings (SSSR count). The average molecular weight is 168 g/mol. The molecule has 70 valence electrons. The lowest BCUT2D eigenvalue weighted by Gasteiger charge is -1.92. The molecule has 1 aromatic rings. The van der Waals surface area contributed by atoms with Gasteiger partial charge in [-0.2, -0.15) is 5.10 Å². The molecule has 0 atom stereocenters. The van der Waals surface area contributed by atoms with Gasteiger partial charge < -0.3 is 0 Å². The highest BCUT2D eigenvalue weighted by atomic mass is 15.1. The Balaban J connectivity index is 0.000000561. The molecule has 0 aliphatic carbocycles. The summed E-state index contributed by atoms with van der Waals surface area (Å²) >= 11 is 0. The first kappa shape index (κ1) is 11.2. The molecule has 0 fully saturated rings.